The number of carbonyl (C=O) groups excluding carboxylic acids is 1. The monoisotopic (exact) mass is 291 g/mol. The first-order chi connectivity index (χ1) is 9.31. The summed E-state index contributed by atoms with van der Waals surface area (Å²) in [6.07, 6.45) is 1.54. The molecule has 1 N–H and O–H groups in total. The van der Waals surface area contributed by atoms with Crippen LogP contribution in [0.5, 0.6) is 0 Å². The Morgan fingerprint density at radius 1 is 1.37 bits per heavy atom. The third-order valence-electron chi connectivity index (χ3n) is 2.25. The van der Waals surface area contributed by atoms with Crippen LogP contribution >= 0.6 is 23.1 Å². The van der Waals surface area contributed by atoms with Gasteiger partial charge >= 0.3 is 0 Å². The van der Waals surface area contributed by atoms with E-state index in [1.807, 2.05) is 30.3 Å². The van der Waals surface area contributed by atoms with E-state index in [4.69, 9.17) is 0 Å². The topological polar surface area (TPSA) is 72.2 Å². The molecule has 2 heterocycles. The molecule has 0 unspecified atom stereocenters. The van der Waals surface area contributed by atoms with E-state index in [0.717, 1.165) is 15.0 Å². The summed E-state index contributed by atoms with van der Waals surface area (Å²) in [6, 6.07) is 9.37. The summed E-state index contributed by atoms with van der Waals surface area (Å²) in [6.45, 7) is 0. The van der Waals surface area contributed by atoms with Gasteiger partial charge in [-0.2, -0.15) is 4.52 Å². The van der Waals surface area contributed by atoms with Gasteiger partial charge in [0.25, 0.3) is 0 Å². The van der Waals surface area contributed by atoms with Crippen LogP contribution in [0.25, 0.3) is 4.96 Å². The van der Waals surface area contributed by atoms with Crippen molar-refractivity contribution in [1.29, 1.82) is 0 Å². The number of amides is 1. The van der Waals surface area contributed by atoms with Crippen molar-refractivity contribution in [3.05, 3.63) is 36.7 Å². The fourth-order valence-electron chi connectivity index (χ4n) is 1.45. The Kier molecular flexibility index (Phi) is 3.43. The maximum Gasteiger partial charge on any atom is 0.235 e. The predicted octanol–water partition coefficient (Wildman–Crippen LogP) is 1.92. The molecular formula is C11H9N5OS2. The van der Waals surface area contributed by atoms with Crippen LogP contribution in [0, 0.1) is 0 Å². The highest BCUT2D eigenvalue weighted by Crippen LogP contribution is 2.23. The number of para-hydroxylation sites is 1. The van der Waals surface area contributed by atoms with Crippen molar-refractivity contribution in [3.63, 3.8) is 0 Å². The van der Waals surface area contributed by atoms with E-state index in [2.05, 4.69) is 20.6 Å². The second kappa shape index (κ2) is 5.37. The first-order valence-electron chi connectivity index (χ1n) is 5.46. The number of hydrogen-bond acceptors (Lipinski definition) is 6. The molecule has 96 valence electrons. The lowest BCUT2D eigenvalue weighted by atomic mass is 10.3. The van der Waals surface area contributed by atoms with Gasteiger partial charge in [-0.3, -0.25) is 4.79 Å². The number of carbonyl (C=O) groups is 1. The van der Waals surface area contributed by atoms with E-state index in [1.54, 1.807) is 10.8 Å². The quantitative estimate of drug-likeness (QED) is 0.743. The van der Waals surface area contributed by atoms with Crippen LogP contribution in [0.2, 0.25) is 0 Å². The molecule has 0 radical (unpaired) electrons. The number of aromatic nitrogens is 4. The molecule has 3 aromatic rings. The number of nitrogens with zero attached hydrogens (tertiary/aromatic N) is 4. The third-order valence-corrected chi connectivity index (χ3v) is 4.30. The third kappa shape index (κ3) is 2.91. The minimum atomic E-state index is -0.0536. The van der Waals surface area contributed by atoms with Crippen molar-refractivity contribution in [3.8, 4) is 0 Å². The summed E-state index contributed by atoms with van der Waals surface area (Å²) in [4.78, 5) is 12.5. The van der Waals surface area contributed by atoms with Crippen LogP contribution in [0.4, 0.5) is 5.69 Å². The molecule has 3 rings (SSSR count). The molecular weight excluding hydrogens is 282 g/mol. The summed E-state index contributed by atoms with van der Waals surface area (Å²) in [5, 5.41) is 14.7. The molecule has 0 spiro atoms. The molecule has 0 aliphatic rings. The van der Waals surface area contributed by atoms with Crippen LogP contribution in [0.1, 0.15) is 0 Å². The number of hydrogen-bond donors (Lipinski definition) is 1. The molecule has 0 atom stereocenters. The van der Waals surface area contributed by atoms with Crippen LogP contribution in [0.15, 0.2) is 41.0 Å². The highest BCUT2D eigenvalue weighted by molar-refractivity contribution is 8.01. The predicted molar refractivity (Wildman–Crippen MR) is 74.5 cm³/mol. The highest BCUT2D eigenvalue weighted by atomic mass is 32.2. The lowest BCUT2D eigenvalue weighted by molar-refractivity contribution is -0.113. The van der Waals surface area contributed by atoms with Gasteiger partial charge in [0.05, 0.1) is 5.75 Å². The van der Waals surface area contributed by atoms with Gasteiger partial charge in [-0.1, -0.05) is 41.3 Å². The molecule has 2 aromatic heterocycles. The Morgan fingerprint density at radius 3 is 3.00 bits per heavy atom. The van der Waals surface area contributed by atoms with Crippen LogP contribution in [0.3, 0.4) is 0 Å². The minimum Gasteiger partial charge on any atom is -0.325 e. The zero-order valence-electron chi connectivity index (χ0n) is 9.68. The van der Waals surface area contributed by atoms with Gasteiger partial charge in [0.15, 0.2) is 4.34 Å². The van der Waals surface area contributed by atoms with Gasteiger partial charge in [-0.05, 0) is 12.1 Å². The van der Waals surface area contributed by atoms with Crippen molar-refractivity contribution < 1.29 is 4.79 Å². The average molecular weight is 291 g/mol. The van der Waals surface area contributed by atoms with Gasteiger partial charge in [-0.25, -0.2) is 0 Å². The lowest BCUT2D eigenvalue weighted by Crippen LogP contribution is -2.13. The molecule has 0 bridgehead atoms. The molecule has 0 aliphatic heterocycles. The highest BCUT2D eigenvalue weighted by Gasteiger charge is 2.08. The van der Waals surface area contributed by atoms with Gasteiger partial charge < -0.3 is 5.32 Å². The molecule has 8 heteroatoms. The maximum absolute atomic E-state index is 11.7. The summed E-state index contributed by atoms with van der Waals surface area (Å²) in [5.41, 5.74) is 0.797. The Morgan fingerprint density at radius 2 is 2.21 bits per heavy atom. The maximum atomic E-state index is 11.7. The normalized spacial score (nSPS) is 10.7. The van der Waals surface area contributed by atoms with Crippen molar-refractivity contribution in [2.24, 2.45) is 0 Å². The molecule has 0 saturated carbocycles. The number of thioether (sulfide) groups is 1. The van der Waals surface area contributed by atoms with E-state index in [1.165, 1.54) is 23.1 Å². The minimum absolute atomic E-state index is 0.0536. The van der Waals surface area contributed by atoms with Gasteiger partial charge in [0.1, 0.15) is 6.33 Å². The molecule has 0 saturated heterocycles. The molecule has 0 aliphatic carbocycles. The summed E-state index contributed by atoms with van der Waals surface area (Å²) >= 11 is 2.80. The van der Waals surface area contributed by atoms with Gasteiger partial charge in [0, 0.05) is 5.69 Å². The van der Waals surface area contributed by atoms with Crippen molar-refractivity contribution in [2.75, 3.05) is 11.1 Å². The molecule has 1 aromatic carbocycles. The summed E-state index contributed by atoms with van der Waals surface area (Å²) in [5.74, 6) is 0.265. The first-order valence-corrected chi connectivity index (χ1v) is 7.26. The van der Waals surface area contributed by atoms with Crippen LogP contribution in [-0.4, -0.2) is 31.5 Å². The van der Waals surface area contributed by atoms with E-state index in [-0.39, 0.29) is 5.91 Å². The molecule has 0 fully saturated rings. The number of nitrogens with one attached hydrogen (secondary N) is 1. The molecule has 19 heavy (non-hydrogen) atoms. The second-order valence-electron chi connectivity index (χ2n) is 3.63. The Bertz CT molecular complexity index is 665. The van der Waals surface area contributed by atoms with Crippen LogP contribution < -0.4 is 5.32 Å². The average Bonchev–Trinajstić information content (AvgIpc) is 2.98. The number of fused-ring (bicyclic) bond motifs is 1. The SMILES string of the molecule is O=C(CSc1nn2cnnc2s1)Nc1ccccc1. The number of benzene rings is 1. The lowest BCUT2D eigenvalue weighted by Gasteiger charge is -2.02. The van der Waals surface area contributed by atoms with Crippen molar-refractivity contribution in [2.45, 2.75) is 4.34 Å². The molecule has 6 nitrogen and oxygen atoms in total. The zero-order valence-corrected chi connectivity index (χ0v) is 11.3. The molecule has 1 amide bonds. The Labute approximate surface area is 116 Å². The fraction of sp³-hybridized carbons (Fsp3) is 0.0909. The van der Waals surface area contributed by atoms with Gasteiger partial charge in [-0.15, -0.1) is 15.3 Å². The summed E-state index contributed by atoms with van der Waals surface area (Å²) < 4.78 is 2.40. The number of anilines is 1. The number of rotatable bonds is 4. The largest absolute Gasteiger partial charge is 0.325 e. The van der Waals surface area contributed by atoms with E-state index >= 15 is 0 Å². The van der Waals surface area contributed by atoms with Crippen molar-refractivity contribution in [1.82, 2.24) is 19.8 Å². The van der Waals surface area contributed by atoms with Crippen molar-refractivity contribution >= 4 is 39.7 Å². The Hall–Kier alpha value is -1.93. The zero-order chi connectivity index (χ0) is 13.1. The standard InChI is InChI=1S/C11H9N5OS2/c17-9(13-8-4-2-1-3-5-8)6-18-11-15-16-7-12-14-10(16)19-11/h1-5,7H,6H2,(H,13,17). The van der Waals surface area contributed by atoms with Crippen LogP contribution in [-0.2, 0) is 4.79 Å². The fourth-order valence-corrected chi connectivity index (χ4v) is 3.11. The van der Waals surface area contributed by atoms with Gasteiger partial charge in [0.2, 0.25) is 10.9 Å². The van der Waals surface area contributed by atoms with E-state index < -0.39 is 0 Å². The first kappa shape index (κ1) is 12.1. The summed E-state index contributed by atoms with van der Waals surface area (Å²) in [7, 11) is 0. The van der Waals surface area contributed by atoms with E-state index in [0.29, 0.717) is 5.75 Å². The Balaban J connectivity index is 1.57. The second-order valence-corrected chi connectivity index (χ2v) is 5.81. The smallest absolute Gasteiger partial charge is 0.235 e. The van der Waals surface area contributed by atoms with E-state index in [9.17, 15) is 4.79 Å².